The predicted molar refractivity (Wildman–Crippen MR) is 111 cm³/mol. The van der Waals surface area contributed by atoms with Crippen molar-refractivity contribution < 1.29 is 18.9 Å². The first-order valence-corrected chi connectivity index (χ1v) is 10.7. The fourth-order valence-corrected chi connectivity index (χ4v) is 4.22. The lowest BCUT2D eigenvalue weighted by atomic mass is 10.0. The van der Waals surface area contributed by atoms with Crippen molar-refractivity contribution in [3.05, 3.63) is 47.5 Å². The van der Waals surface area contributed by atoms with Crippen molar-refractivity contribution in [3.63, 3.8) is 0 Å². The van der Waals surface area contributed by atoms with E-state index in [4.69, 9.17) is 18.9 Å². The molecule has 0 saturated carbocycles. The van der Waals surface area contributed by atoms with Crippen molar-refractivity contribution in [3.8, 4) is 0 Å². The molecule has 2 heterocycles. The van der Waals surface area contributed by atoms with Crippen LogP contribution in [0.15, 0.2) is 36.4 Å². The van der Waals surface area contributed by atoms with Gasteiger partial charge in [0.15, 0.2) is 0 Å². The number of unbranched alkanes of at least 4 members (excludes halogenated alkanes) is 1. The number of ether oxygens (including phenoxy) is 4. The summed E-state index contributed by atoms with van der Waals surface area (Å²) in [5.74, 6) is 0. The number of hydrogen-bond acceptors (Lipinski definition) is 4. The fraction of sp³-hybridized carbons (Fsp3) is 0.583. The highest BCUT2D eigenvalue weighted by atomic mass is 16.6. The summed E-state index contributed by atoms with van der Waals surface area (Å²) in [6.07, 6.45) is 4.47. The van der Waals surface area contributed by atoms with Crippen LogP contribution in [0, 0.1) is 6.92 Å². The van der Waals surface area contributed by atoms with E-state index in [1.165, 1.54) is 21.9 Å². The fourth-order valence-electron chi connectivity index (χ4n) is 4.22. The number of rotatable bonds is 9. The van der Waals surface area contributed by atoms with E-state index in [1.807, 2.05) is 0 Å². The maximum atomic E-state index is 6.09. The second kappa shape index (κ2) is 9.36. The average Bonchev–Trinajstić information content (AvgIpc) is 3.29. The van der Waals surface area contributed by atoms with Crippen LogP contribution in [0.25, 0.3) is 10.8 Å². The van der Waals surface area contributed by atoms with Crippen LogP contribution in [0.1, 0.15) is 37.3 Å². The van der Waals surface area contributed by atoms with Gasteiger partial charge in [0.1, 0.15) is 24.4 Å². The largest absolute Gasteiger partial charge is 0.373 e. The Labute approximate surface area is 168 Å². The molecule has 0 bridgehead atoms. The van der Waals surface area contributed by atoms with Crippen LogP contribution >= 0.6 is 0 Å². The molecule has 2 aliphatic rings. The van der Waals surface area contributed by atoms with Crippen LogP contribution in [0.5, 0.6) is 0 Å². The molecule has 0 N–H and O–H groups in total. The highest BCUT2D eigenvalue weighted by Crippen LogP contribution is 2.30. The van der Waals surface area contributed by atoms with Gasteiger partial charge in [0.25, 0.3) is 0 Å². The van der Waals surface area contributed by atoms with Gasteiger partial charge in [-0.2, -0.15) is 0 Å². The highest BCUT2D eigenvalue weighted by Gasteiger charge is 2.48. The zero-order chi connectivity index (χ0) is 19.3. The lowest BCUT2D eigenvalue weighted by Crippen LogP contribution is -2.34. The van der Waals surface area contributed by atoms with Gasteiger partial charge in [0.2, 0.25) is 0 Å². The smallest absolute Gasteiger partial charge is 0.115 e. The van der Waals surface area contributed by atoms with Crippen LogP contribution in [0.2, 0.25) is 0 Å². The average molecular weight is 385 g/mol. The van der Waals surface area contributed by atoms with Crippen molar-refractivity contribution >= 4 is 10.8 Å². The van der Waals surface area contributed by atoms with Gasteiger partial charge in [-0.25, -0.2) is 0 Å². The molecule has 0 aliphatic carbocycles. The summed E-state index contributed by atoms with van der Waals surface area (Å²) in [5, 5.41) is 2.65. The predicted octanol–water partition coefficient (Wildman–Crippen LogP) is 4.45. The van der Waals surface area contributed by atoms with Gasteiger partial charge in [-0.05, 0) is 48.9 Å². The number of fused-ring (bicyclic) bond motifs is 2. The van der Waals surface area contributed by atoms with Crippen LogP contribution in [0.4, 0.5) is 0 Å². The van der Waals surface area contributed by atoms with Crippen molar-refractivity contribution in [1.29, 1.82) is 0 Å². The van der Waals surface area contributed by atoms with E-state index < -0.39 is 0 Å². The summed E-state index contributed by atoms with van der Waals surface area (Å²) in [6.45, 7) is 7.02. The first-order chi connectivity index (χ1) is 13.7. The van der Waals surface area contributed by atoms with Gasteiger partial charge in [0, 0.05) is 13.2 Å². The Bertz CT molecular complexity index is 774. The Morgan fingerprint density at radius 3 is 2.29 bits per heavy atom. The molecule has 0 unspecified atom stereocenters. The third kappa shape index (κ3) is 4.57. The van der Waals surface area contributed by atoms with Crippen molar-refractivity contribution in [2.45, 2.75) is 63.9 Å². The Hall–Kier alpha value is -1.46. The third-order valence-electron chi connectivity index (χ3n) is 5.75. The molecule has 2 fully saturated rings. The van der Waals surface area contributed by atoms with E-state index in [2.05, 4.69) is 50.2 Å². The highest BCUT2D eigenvalue weighted by molar-refractivity contribution is 5.83. The molecule has 0 amide bonds. The molecule has 0 spiro atoms. The van der Waals surface area contributed by atoms with Crippen LogP contribution in [-0.2, 0) is 25.4 Å². The van der Waals surface area contributed by atoms with E-state index in [0.717, 1.165) is 38.9 Å². The van der Waals surface area contributed by atoms with Crippen LogP contribution < -0.4 is 0 Å². The quantitative estimate of drug-likeness (QED) is 0.599. The van der Waals surface area contributed by atoms with Crippen molar-refractivity contribution in [1.82, 2.24) is 0 Å². The van der Waals surface area contributed by atoms with E-state index in [9.17, 15) is 0 Å². The lowest BCUT2D eigenvalue weighted by Gasteiger charge is -2.17. The second-order valence-corrected chi connectivity index (χ2v) is 8.06. The molecule has 4 nitrogen and oxygen atoms in total. The molecule has 152 valence electrons. The van der Waals surface area contributed by atoms with Gasteiger partial charge in [-0.15, -0.1) is 0 Å². The molecule has 2 aromatic carbocycles. The summed E-state index contributed by atoms with van der Waals surface area (Å²) in [6, 6.07) is 13.4. The SMILES string of the molecule is CCCO[C@@H]1CO[C@H]2[C@@H]1OC[C@H]2OCCCCc1ccc2cc(C)ccc2c1. The van der Waals surface area contributed by atoms with E-state index in [-0.39, 0.29) is 24.4 Å². The minimum Gasteiger partial charge on any atom is -0.373 e. The molecular formula is C24H32O4. The Kier molecular flexibility index (Phi) is 6.63. The third-order valence-corrected chi connectivity index (χ3v) is 5.75. The second-order valence-electron chi connectivity index (χ2n) is 8.06. The summed E-state index contributed by atoms with van der Waals surface area (Å²) < 4.78 is 23.7. The van der Waals surface area contributed by atoms with E-state index >= 15 is 0 Å². The normalized spacial score (nSPS) is 26.8. The molecule has 0 radical (unpaired) electrons. The molecule has 28 heavy (non-hydrogen) atoms. The number of benzene rings is 2. The van der Waals surface area contributed by atoms with Crippen LogP contribution in [0.3, 0.4) is 0 Å². The minimum atomic E-state index is 0.0331. The van der Waals surface area contributed by atoms with Crippen molar-refractivity contribution in [2.75, 3.05) is 26.4 Å². The summed E-state index contributed by atoms with van der Waals surface area (Å²) in [4.78, 5) is 0. The molecule has 4 heteroatoms. The van der Waals surface area contributed by atoms with Gasteiger partial charge in [-0.1, -0.05) is 48.9 Å². The first kappa shape index (κ1) is 19.8. The lowest BCUT2D eigenvalue weighted by molar-refractivity contribution is -0.0505. The van der Waals surface area contributed by atoms with E-state index in [1.54, 1.807) is 0 Å². The number of aryl methyl sites for hydroxylation is 2. The Balaban J connectivity index is 1.18. The van der Waals surface area contributed by atoms with Gasteiger partial charge in [-0.3, -0.25) is 0 Å². The molecule has 2 saturated heterocycles. The Morgan fingerprint density at radius 1 is 0.857 bits per heavy atom. The number of hydrogen-bond donors (Lipinski definition) is 0. The molecule has 4 atom stereocenters. The molecule has 2 aromatic rings. The first-order valence-electron chi connectivity index (χ1n) is 10.7. The molecular weight excluding hydrogens is 352 g/mol. The summed E-state index contributed by atoms with van der Waals surface area (Å²) in [5.41, 5.74) is 2.71. The van der Waals surface area contributed by atoms with E-state index in [0.29, 0.717) is 13.2 Å². The minimum absolute atomic E-state index is 0.0331. The van der Waals surface area contributed by atoms with Crippen LogP contribution in [-0.4, -0.2) is 50.8 Å². The van der Waals surface area contributed by atoms with Gasteiger partial charge < -0.3 is 18.9 Å². The monoisotopic (exact) mass is 384 g/mol. The standard InChI is InChI=1S/C24H32O4/c1-3-11-25-21-15-27-24-22(16-28-23(21)24)26-12-5-4-6-18-8-10-19-13-17(2)7-9-20(19)14-18/h7-10,13-14,21-24H,3-6,11-12,15-16H2,1-2H3/t21-,22-,23-,24-/m1/s1. The summed E-state index contributed by atoms with van der Waals surface area (Å²) >= 11 is 0. The molecule has 4 rings (SSSR count). The maximum Gasteiger partial charge on any atom is 0.115 e. The summed E-state index contributed by atoms with van der Waals surface area (Å²) in [7, 11) is 0. The van der Waals surface area contributed by atoms with Crippen molar-refractivity contribution in [2.24, 2.45) is 0 Å². The van der Waals surface area contributed by atoms with Gasteiger partial charge >= 0.3 is 0 Å². The molecule has 2 aliphatic heterocycles. The maximum absolute atomic E-state index is 6.09. The Morgan fingerprint density at radius 2 is 1.54 bits per heavy atom. The van der Waals surface area contributed by atoms with Gasteiger partial charge in [0.05, 0.1) is 13.2 Å². The zero-order valence-corrected chi connectivity index (χ0v) is 17.1. The zero-order valence-electron chi connectivity index (χ0n) is 17.1. The topological polar surface area (TPSA) is 36.9 Å². The molecule has 0 aromatic heterocycles.